The number of anilines is 1. The van der Waals surface area contributed by atoms with E-state index in [-0.39, 0.29) is 24.0 Å². The summed E-state index contributed by atoms with van der Waals surface area (Å²) in [6.45, 7) is 4.41. The highest BCUT2D eigenvalue weighted by Crippen LogP contribution is 2.32. The Hall–Kier alpha value is -2.19. The van der Waals surface area contributed by atoms with Gasteiger partial charge >= 0.3 is 6.09 Å². The fraction of sp³-hybridized carbons (Fsp3) is 0.571. The molecule has 2 aliphatic heterocycles. The van der Waals surface area contributed by atoms with Crippen molar-refractivity contribution >= 4 is 38.7 Å². The number of thiazole rings is 1. The fourth-order valence-corrected chi connectivity index (χ4v) is 4.99. The molecule has 0 N–H and O–H groups in total. The first-order valence-corrected chi connectivity index (χ1v) is 11.2. The van der Waals surface area contributed by atoms with E-state index in [1.54, 1.807) is 16.7 Å². The van der Waals surface area contributed by atoms with Gasteiger partial charge in [0, 0.05) is 19.7 Å². The maximum absolute atomic E-state index is 13.5. The number of para-hydroxylation sites is 1. The lowest BCUT2D eigenvalue weighted by Crippen LogP contribution is -2.48. The normalized spacial score (nSPS) is 22.0. The van der Waals surface area contributed by atoms with Crippen molar-refractivity contribution in [3.05, 3.63) is 24.3 Å². The lowest BCUT2D eigenvalue weighted by Gasteiger charge is -2.34. The summed E-state index contributed by atoms with van der Waals surface area (Å²) in [7, 11) is 0. The van der Waals surface area contributed by atoms with E-state index in [2.05, 4.69) is 0 Å². The van der Waals surface area contributed by atoms with Gasteiger partial charge in [0.25, 0.3) is 0 Å². The first-order chi connectivity index (χ1) is 14.2. The van der Waals surface area contributed by atoms with Crippen LogP contribution in [0.1, 0.15) is 32.6 Å². The van der Waals surface area contributed by atoms with Crippen LogP contribution in [0.2, 0.25) is 0 Å². The van der Waals surface area contributed by atoms with Crippen LogP contribution in [0.3, 0.4) is 0 Å². The second-order valence-corrected chi connectivity index (χ2v) is 8.54. The predicted octanol–water partition coefficient (Wildman–Crippen LogP) is 3.68. The maximum Gasteiger partial charge on any atom is 0.409 e. The molecule has 7 nitrogen and oxygen atoms in total. The van der Waals surface area contributed by atoms with E-state index < -0.39 is 0 Å². The first kappa shape index (κ1) is 20.1. The molecule has 3 heterocycles. The number of benzene rings is 1. The molecule has 4 rings (SSSR count). The standard InChI is InChI=1S/C21H27N3O4S/c1-2-27-21(26)23-11-5-7-15(13-23)19(25)24(14-16-8-6-12-28-16)20-22-17-9-3-4-10-18(17)29-20/h3-4,9-10,15-16H,2,5-8,11-14H2,1H3/t15-,16-/m0/s1. The number of rotatable bonds is 5. The summed E-state index contributed by atoms with van der Waals surface area (Å²) in [5.41, 5.74) is 0.898. The van der Waals surface area contributed by atoms with E-state index in [1.807, 2.05) is 24.3 Å². The number of likely N-dealkylation sites (tertiary alicyclic amines) is 1. The number of ether oxygens (including phenoxy) is 2. The predicted molar refractivity (Wildman–Crippen MR) is 112 cm³/mol. The van der Waals surface area contributed by atoms with Gasteiger partial charge < -0.3 is 14.4 Å². The van der Waals surface area contributed by atoms with Gasteiger partial charge in [0.05, 0.1) is 35.4 Å². The Balaban J connectivity index is 1.56. The van der Waals surface area contributed by atoms with Gasteiger partial charge in [-0.2, -0.15) is 0 Å². The molecule has 0 radical (unpaired) electrons. The summed E-state index contributed by atoms with van der Waals surface area (Å²) in [4.78, 5) is 33.9. The van der Waals surface area contributed by atoms with Crippen molar-refractivity contribution in [2.75, 3.05) is 37.7 Å². The number of nitrogens with zero attached hydrogens (tertiary/aromatic N) is 3. The first-order valence-electron chi connectivity index (χ1n) is 10.4. The van der Waals surface area contributed by atoms with E-state index in [0.717, 1.165) is 42.5 Å². The molecule has 2 atom stereocenters. The topological polar surface area (TPSA) is 72.0 Å². The minimum atomic E-state index is -0.337. The molecular formula is C21H27N3O4S. The number of aromatic nitrogens is 1. The van der Waals surface area contributed by atoms with Gasteiger partial charge in [-0.3, -0.25) is 9.69 Å². The number of hydrogen-bond acceptors (Lipinski definition) is 6. The van der Waals surface area contributed by atoms with Crippen LogP contribution in [0.4, 0.5) is 9.93 Å². The lowest BCUT2D eigenvalue weighted by atomic mass is 9.96. The molecule has 2 amide bonds. The summed E-state index contributed by atoms with van der Waals surface area (Å²) in [5.74, 6) is -0.227. The Kier molecular flexibility index (Phi) is 6.30. The SMILES string of the molecule is CCOC(=O)N1CCC[C@H](C(=O)N(C[C@@H]2CCCO2)c2nc3ccccc3s2)C1. The molecular weight excluding hydrogens is 390 g/mol. The van der Waals surface area contributed by atoms with Gasteiger partial charge in [-0.15, -0.1) is 0 Å². The number of piperidine rings is 1. The average Bonchev–Trinajstić information content (AvgIpc) is 3.41. The van der Waals surface area contributed by atoms with Crippen molar-refractivity contribution in [2.45, 2.75) is 38.7 Å². The Morgan fingerprint density at radius 3 is 2.93 bits per heavy atom. The molecule has 0 bridgehead atoms. The van der Waals surface area contributed by atoms with Crippen molar-refractivity contribution in [1.29, 1.82) is 0 Å². The van der Waals surface area contributed by atoms with Gasteiger partial charge in [-0.25, -0.2) is 9.78 Å². The molecule has 2 aliphatic rings. The van der Waals surface area contributed by atoms with Crippen LogP contribution in [-0.4, -0.2) is 60.8 Å². The summed E-state index contributed by atoms with van der Waals surface area (Å²) in [5, 5.41) is 0.708. The number of carbonyl (C=O) groups excluding carboxylic acids is 2. The Morgan fingerprint density at radius 2 is 2.17 bits per heavy atom. The largest absolute Gasteiger partial charge is 0.450 e. The van der Waals surface area contributed by atoms with Gasteiger partial charge in [0.1, 0.15) is 0 Å². The minimum absolute atomic E-state index is 0.0218. The molecule has 0 spiro atoms. The minimum Gasteiger partial charge on any atom is -0.450 e. The van der Waals surface area contributed by atoms with E-state index in [9.17, 15) is 9.59 Å². The van der Waals surface area contributed by atoms with Crippen molar-refractivity contribution < 1.29 is 19.1 Å². The molecule has 0 saturated carbocycles. The van der Waals surface area contributed by atoms with Crippen LogP contribution in [-0.2, 0) is 14.3 Å². The average molecular weight is 418 g/mol. The fourth-order valence-electron chi connectivity index (χ4n) is 4.01. The highest BCUT2D eigenvalue weighted by Gasteiger charge is 2.35. The summed E-state index contributed by atoms with van der Waals surface area (Å²) in [6.07, 6.45) is 3.23. The Bertz CT molecular complexity index is 831. The smallest absolute Gasteiger partial charge is 0.409 e. The number of amides is 2. The number of carbonyl (C=O) groups is 2. The van der Waals surface area contributed by atoms with Crippen LogP contribution < -0.4 is 4.90 Å². The van der Waals surface area contributed by atoms with Crippen LogP contribution in [0.25, 0.3) is 10.2 Å². The summed E-state index contributed by atoms with van der Waals surface area (Å²) >= 11 is 1.53. The zero-order chi connectivity index (χ0) is 20.2. The van der Waals surface area contributed by atoms with Gasteiger partial charge in [-0.05, 0) is 44.7 Å². The van der Waals surface area contributed by atoms with Gasteiger partial charge in [0.2, 0.25) is 5.91 Å². The molecule has 29 heavy (non-hydrogen) atoms. The molecule has 0 unspecified atom stereocenters. The van der Waals surface area contributed by atoms with Crippen molar-refractivity contribution in [3.8, 4) is 0 Å². The summed E-state index contributed by atoms with van der Waals surface area (Å²) in [6, 6.07) is 7.92. The number of fused-ring (bicyclic) bond motifs is 1. The van der Waals surface area contributed by atoms with E-state index in [0.29, 0.717) is 31.4 Å². The molecule has 156 valence electrons. The number of hydrogen-bond donors (Lipinski definition) is 0. The van der Waals surface area contributed by atoms with Crippen LogP contribution >= 0.6 is 11.3 Å². The maximum atomic E-state index is 13.5. The highest BCUT2D eigenvalue weighted by molar-refractivity contribution is 7.22. The third kappa shape index (κ3) is 4.53. The van der Waals surface area contributed by atoms with Crippen LogP contribution in [0, 0.1) is 5.92 Å². The van der Waals surface area contributed by atoms with E-state index in [1.165, 1.54) is 11.3 Å². The third-order valence-electron chi connectivity index (χ3n) is 5.49. The third-order valence-corrected chi connectivity index (χ3v) is 6.55. The molecule has 2 aromatic rings. The molecule has 1 aromatic heterocycles. The summed E-state index contributed by atoms with van der Waals surface area (Å²) < 4.78 is 12.0. The second-order valence-electron chi connectivity index (χ2n) is 7.53. The second kappa shape index (κ2) is 9.09. The zero-order valence-corrected chi connectivity index (χ0v) is 17.5. The highest BCUT2D eigenvalue weighted by atomic mass is 32.1. The Morgan fingerprint density at radius 1 is 1.31 bits per heavy atom. The molecule has 0 aliphatic carbocycles. The van der Waals surface area contributed by atoms with Gasteiger partial charge in [-0.1, -0.05) is 23.5 Å². The van der Waals surface area contributed by atoms with Crippen LogP contribution in [0.5, 0.6) is 0 Å². The molecule has 2 saturated heterocycles. The van der Waals surface area contributed by atoms with Crippen LogP contribution in [0.15, 0.2) is 24.3 Å². The molecule has 1 aromatic carbocycles. The van der Waals surface area contributed by atoms with E-state index >= 15 is 0 Å². The zero-order valence-electron chi connectivity index (χ0n) is 16.7. The quantitative estimate of drug-likeness (QED) is 0.742. The van der Waals surface area contributed by atoms with Crippen molar-refractivity contribution in [2.24, 2.45) is 5.92 Å². The lowest BCUT2D eigenvalue weighted by molar-refractivity contribution is -0.124. The molecule has 2 fully saturated rings. The molecule has 8 heteroatoms. The van der Waals surface area contributed by atoms with Crippen molar-refractivity contribution in [1.82, 2.24) is 9.88 Å². The Labute approximate surface area is 174 Å². The van der Waals surface area contributed by atoms with E-state index in [4.69, 9.17) is 14.5 Å². The van der Waals surface area contributed by atoms with Crippen molar-refractivity contribution in [3.63, 3.8) is 0 Å². The monoisotopic (exact) mass is 417 g/mol. The van der Waals surface area contributed by atoms with Gasteiger partial charge in [0.15, 0.2) is 5.13 Å².